The minimum Gasteiger partial charge on any atom is -0.494 e. The highest BCUT2D eigenvalue weighted by molar-refractivity contribution is 6.17. The molecule has 1 heterocycles. The van der Waals surface area contributed by atoms with E-state index in [0.29, 0.717) is 18.4 Å². The number of hydrogen-bond acceptors (Lipinski definition) is 3. The molecule has 3 rings (SSSR count). The lowest BCUT2D eigenvalue weighted by Gasteiger charge is -2.04. The standard InChI is InChI=1S/C19H18ClNO2/c1-14-3-9-18-17(13-14)21-19(23-18)10-6-15-4-7-16(8-5-15)22-12-2-11-20/h3-10,13H,2,11-12H2,1H3. The normalized spacial score (nSPS) is 11.4. The Bertz CT molecular complexity index is 806. The molecule has 0 aliphatic heterocycles. The maximum Gasteiger partial charge on any atom is 0.220 e. The van der Waals surface area contributed by atoms with E-state index >= 15 is 0 Å². The zero-order chi connectivity index (χ0) is 16.1. The van der Waals surface area contributed by atoms with E-state index in [1.165, 1.54) is 5.56 Å². The first-order chi connectivity index (χ1) is 11.2. The lowest BCUT2D eigenvalue weighted by Crippen LogP contribution is -1.97. The van der Waals surface area contributed by atoms with Crippen LogP contribution in [0.3, 0.4) is 0 Å². The second kappa shape index (κ2) is 7.34. The zero-order valence-electron chi connectivity index (χ0n) is 13.0. The van der Waals surface area contributed by atoms with Crippen LogP contribution in [0.2, 0.25) is 0 Å². The molecule has 0 spiro atoms. The smallest absolute Gasteiger partial charge is 0.220 e. The van der Waals surface area contributed by atoms with Crippen molar-refractivity contribution in [3.8, 4) is 5.75 Å². The molecule has 0 radical (unpaired) electrons. The number of ether oxygens (including phenoxy) is 1. The summed E-state index contributed by atoms with van der Waals surface area (Å²) in [6.45, 7) is 2.68. The third kappa shape index (κ3) is 4.14. The van der Waals surface area contributed by atoms with Crippen LogP contribution in [0.1, 0.15) is 23.4 Å². The van der Waals surface area contributed by atoms with Crippen molar-refractivity contribution in [1.82, 2.24) is 4.98 Å². The maximum atomic E-state index is 5.70. The molecule has 3 aromatic rings. The first-order valence-corrected chi connectivity index (χ1v) is 8.12. The molecular weight excluding hydrogens is 310 g/mol. The SMILES string of the molecule is Cc1ccc2oc(C=Cc3ccc(OCCCCl)cc3)nc2c1. The highest BCUT2D eigenvalue weighted by Crippen LogP contribution is 2.19. The van der Waals surface area contributed by atoms with Gasteiger partial charge in [-0.05, 0) is 54.8 Å². The topological polar surface area (TPSA) is 35.3 Å². The summed E-state index contributed by atoms with van der Waals surface area (Å²) in [6, 6.07) is 13.9. The quantitative estimate of drug-likeness (QED) is 0.454. The fourth-order valence-electron chi connectivity index (χ4n) is 2.21. The number of benzene rings is 2. The van der Waals surface area contributed by atoms with Crippen LogP contribution in [-0.4, -0.2) is 17.5 Å². The van der Waals surface area contributed by atoms with Gasteiger partial charge in [0.2, 0.25) is 5.89 Å². The van der Waals surface area contributed by atoms with Crippen LogP contribution in [0.5, 0.6) is 5.75 Å². The Morgan fingerprint density at radius 2 is 1.96 bits per heavy atom. The Morgan fingerprint density at radius 1 is 1.13 bits per heavy atom. The molecule has 3 nitrogen and oxygen atoms in total. The van der Waals surface area contributed by atoms with Crippen molar-refractivity contribution in [2.24, 2.45) is 0 Å². The van der Waals surface area contributed by atoms with E-state index < -0.39 is 0 Å². The van der Waals surface area contributed by atoms with Crippen molar-refractivity contribution in [3.63, 3.8) is 0 Å². The first kappa shape index (κ1) is 15.6. The molecule has 0 amide bonds. The number of nitrogens with zero attached hydrogens (tertiary/aromatic N) is 1. The number of oxazole rings is 1. The molecule has 0 N–H and O–H groups in total. The summed E-state index contributed by atoms with van der Waals surface area (Å²) < 4.78 is 11.3. The number of rotatable bonds is 6. The van der Waals surface area contributed by atoms with Gasteiger partial charge in [0, 0.05) is 12.0 Å². The predicted molar refractivity (Wildman–Crippen MR) is 94.9 cm³/mol. The summed E-state index contributed by atoms with van der Waals surface area (Å²) >= 11 is 5.63. The van der Waals surface area contributed by atoms with Gasteiger partial charge in [0.15, 0.2) is 5.58 Å². The van der Waals surface area contributed by atoms with E-state index in [1.54, 1.807) is 0 Å². The second-order valence-electron chi connectivity index (χ2n) is 5.32. The first-order valence-electron chi connectivity index (χ1n) is 7.59. The predicted octanol–water partition coefficient (Wildman–Crippen LogP) is 5.31. The lowest BCUT2D eigenvalue weighted by atomic mass is 10.2. The van der Waals surface area contributed by atoms with Gasteiger partial charge in [-0.1, -0.05) is 18.2 Å². The number of halogens is 1. The van der Waals surface area contributed by atoms with E-state index in [0.717, 1.165) is 28.8 Å². The van der Waals surface area contributed by atoms with Crippen LogP contribution in [0.4, 0.5) is 0 Å². The largest absolute Gasteiger partial charge is 0.494 e. The van der Waals surface area contributed by atoms with Gasteiger partial charge in [-0.3, -0.25) is 0 Å². The van der Waals surface area contributed by atoms with Crippen molar-refractivity contribution < 1.29 is 9.15 Å². The Labute approximate surface area is 140 Å². The molecule has 1 aromatic heterocycles. The summed E-state index contributed by atoms with van der Waals surface area (Å²) in [5.41, 5.74) is 3.92. The zero-order valence-corrected chi connectivity index (χ0v) is 13.7. The fraction of sp³-hybridized carbons (Fsp3) is 0.211. The monoisotopic (exact) mass is 327 g/mol. The van der Waals surface area contributed by atoms with Gasteiger partial charge >= 0.3 is 0 Å². The molecule has 118 valence electrons. The highest BCUT2D eigenvalue weighted by Gasteiger charge is 2.02. The summed E-state index contributed by atoms with van der Waals surface area (Å²) in [6.07, 6.45) is 4.69. The molecule has 4 heteroatoms. The molecule has 0 saturated carbocycles. The van der Waals surface area contributed by atoms with Gasteiger partial charge in [0.25, 0.3) is 0 Å². The van der Waals surface area contributed by atoms with Crippen LogP contribution in [-0.2, 0) is 0 Å². The molecular formula is C19H18ClNO2. The molecule has 0 aliphatic rings. The van der Waals surface area contributed by atoms with Gasteiger partial charge in [-0.15, -0.1) is 11.6 Å². The van der Waals surface area contributed by atoms with Gasteiger partial charge < -0.3 is 9.15 Å². The molecule has 0 fully saturated rings. The lowest BCUT2D eigenvalue weighted by molar-refractivity contribution is 0.318. The van der Waals surface area contributed by atoms with Crippen molar-refractivity contribution in [2.45, 2.75) is 13.3 Å². The van der Waals surface area contributed by atoms with Crippen molar-refractivity contribution in [2.75, 3.05) is 12.5 Å². The van der Waals surface area contributed by atoms with Crippen molar-refractivity contribution >= 4 is 34.9 Å². The Balaban J connectivity index is 1.68. The summed E-state index contributed by atoms with van der Waals surface area (Å²) in [5.74, 6) is 2.07. The Morgan fingerprint density at radius 3 is 2.74 bits per heavy atom. The molecule has 0 aliphatic carbocycles. The van der Waals surface area contributed by atoms with E-state index in [4.69, 9.17) is 20.8 Å². The third-order valence-electron chi connectivity index (χ3n) is 3.40. The van der Waals surface area contributed by atoms with Gasteiger partial charge in [-0.25, -0.2) is 4.98 Å². The van der Waals surface area contributed by atoms with Gasteiger partial charge in [-0.2, -0.15) is 0 Å². The number of alkyl halides is 1. The van der Waals surface area contributed by atoms with Gasteiger partial charge in [0.05, 0.1) is 6.61 Å². The summed E-state index contributed by atoms with van der Waals surface area (Å²) in [7, 11) is 0. The maximum absolute atomic E-state index is 5.70. The molecule has 23 heavy (non-hydrogen) atoms. The Kier molecular flexibility index (Phi) is 4.99. The van der Waals surface area contributed by atoms with E-state index in [1.807, 2.05) is 61.5 Å². The Hall–Kier alpha value is -2.26. The number of aromatic nitrogens is 1. The van der Waals surface area contributed by atoms with E-state index in [2.05, 4.69) is 4.98 Å². The summed E-state index contributed by atoms with van der Waals surface area (Å²) in [5, 5.41) is 0. The average molecular weight is 328 g/mol. The van der Waals surface area contributed by atoms with Crippen molar-refractivity contribution in [1.29, 1.82) is 0 Å². The molecule has 0 atom stereocenters. The van der Waals surface area contributed by atoms with Crippen LogP contribution < -0.4 is 4.74 Å². The molecule has 0 unspecified atom stereocenters. The third-order valence-corrected chi connectivity index (χ3v) is 3.67. The van der Waals surface area contributed by atoms with Crippen LogP contribution >= 0.6 is 11.6 Å². The van der Waals surface area contributed by atoms with Crippen LogP contribution in [0, 0.1) is 6.92 Å². The number of fused-ring (bicyclic) bond motifs is 1. The van der Waals surface area contributed by atoms with Crippen molar-refractivity contribution in [3.05, 3.63) is 59.5 Å². The highest BCUT2D eigenvalue weighted by atomic mass is 35.5. The number of hydrogen-bond donors (Lipinski definition) is 0. The van der Waals surface area contributed by atoms with Crippen LogP contribution in [0.15, 0.2) is 46.9 Å². The number of aryl methyl sites for hydroxylation is 1. The molecule has 0 bridgehead atoms. The molecule has 2 aromatic carbocycles. The van der Waals surface area contributed by atoms with Gasteiger partial charge in [0.1, 0.15) is 11.3 Å². The van der Waals surface area contributed by atoms with E-state index in [9.17, 15) is 0 Å². The minimum atomic E-state index is 0.605. The fourth-order valence-corrected chi connectivity index (χ4v) is 2.32. The van der Waals surface area contributed by atoms with E-state index in [-0.39, 0.29) is 0 Å². The summed E-state index contributed by atoms with van der Waals surface area (Å²) in [4.78, 5) is 4.47. The minimum absolute atomic E-state index is 0.605. The molecule has 0 saturated heterocycles. The second-order valence-corrected chi connectivity index (χ2v) is 5.69. The van der Waals surface area contributed by atoms with Crippen LogP contribution in [0.25, 0.3) is 23.3 Å². The average Bonchev–Trinajstić information content (AvgIpc) is 2.96.